The van der Waals surface area contributed by atoms with Crippen molar-refractivity contribution in [1.29, 1.82) is 0 Å². The molecule has 0 fully saturated rings. The van der Waals surface area contributed by atoms with Crippen molar-refractivity contribution < 1.29 is 0 Å². The van der Waals surface area contributed by atoms with Crippen LogP contribution in [0.1, 0.15) is 26.7 Å². The summed E-state index contributed by atoms with van der Waals surface area (Å²) in [5, 5.41) is 3.46. The van der Waals surface area contributed by atoms with Gasteiger partial charge in [-0.1, -0.05) is 6.92 Å². The van der Waals surface area contributed by atoms with Gasteiger partial charge >= 0.3 is 0 Å². The zero-order valence-corrected chi connectivity index (χ0v) is 8.35. The van der Waals surface area contributed by atoms with E-state index in [2.05, 4.69) is 38.2 Å². The van der Waals surface area contributed by atoms with Gasteiger partial charge in [-0.2, -0.15) is 0 Å². The lowest BCUT2D eigenvalue weighted by Crippen LogP contribution is -2.28. The Hall–Kier alpha value is -0.0800. The summed E-state index contributed by atoms with van der Waals surface area (Å²) in [5.74, 6) is 0. The van der Waals surface area contributed by atoms with E-state index >= 15 is 0 Å². The highest BCUT2D eigenvalue weighted by Crippen LogP contribution is 1.88. The SMILES string of the molecule is CCC(C)NCCCN(C)C. The highest BCUT2D eigenvalue weighted by atomic mass is 15.1. The summed E-state index contributed by atoms with van der Waals surface area (Å²) in [5.41, 5.74) is 0. The van der Waals surface area contributed by atoms with Crippen molar-refractivity contribution in [3.63, 3.8) is 0 Å². The van der Waals surface area contributed by atoms with Gasteiger partial charge in [0.15, 0.2) is 0 Å². The van der Waals surface area contributed by atoms with Gasteiger partial charge in [-0.3, -0.25) is 0 Å². The van der Waals surface area contributed by atoms with E-state index in [0.29, 0.717) is 6.04 Å². The van der Waals surface area contributed by atoms with Crippen LogP contribution < -0.4 is 5.32 Å². The molecule has 0 rings (SSSR count). The van der Waals surface area contributed by atoms with Crippen LogP contribution in [-0.2, 0) is 0 Å². The minimum atomic E-state index is 0.678. The number of hydrogen-bond acceptors (Lipinski definition) is 2. The zero-order chi connectivity index (χ0) is 8.69. The standard InChI is InChI=1S/C9H22N2/c1-5-9(2)10-7-6-8-11(3)4/h9-10H,5-8H2,1-4H3. The van der Waals surface area contributed by atoms with E-state index in [1.807, 2.05) is 0 Å². The highest BCUT2D eigenvalue weighted by molar-refractivity contribution is 4.57. The number of hydrogen-bond donors (Lipinski definition) is 1. The Morgan fingerprint density at radius 2 is 2.00 bits per heavy atom. The first-order valence-electron chi connectivity index (χ1n) is 4.55. The maximum absolute atomic E-state index is 3.46. The molecule has 0 aliphatic carbocycles. The van der Waals surface area contributed by atoms with Crippen molar-refractivity contribution in [2.24, 2.45) is 0 Å². The Bertz CT molecular complexity index is 81.6. The molecule has 2 nitrogen and oxygen atoms in total. The lowest BCUT2D eigenvalue weighted by molar-refractivity contribution is 0.387. The molecule has 0 saturated heterocycles. The summed E-state index contributed by atoms with van der Waals surface area (Å²) in [4.78, 5) is 2.22. The van der Waals surface area contributed by atoms with Crippen LogP contribution in [0, 0.1) is 0 Å². The average Bonchev–Trinajstić information content (AvgIpc) is 1.97. The van der Waals surface area contributed by atoms with E-state index in [1.54, 1.807) is 0 Å². The average molecular weight is 158 g/mol. The van der Waals surface area contributed by atoms with Gasteiger partial charge < -0.3 is 10.2 Å². The molecule has 0 spiro atoms. The van der Waals surface area contributed by atoms with Gasteiger partial charge in [-0.15, -0.1) is 0 Å². The van der Waals surface area contributed by atoms with Crippen molar-refractivity contribution in [3.8, 4) is 0 Å². The first-order valence-corrected chi connectivity index (χ1v) is 4.55. The molecular weight excluding hydrogens is 136 g/mol. The van der Waals surface area contributed by atoms with Crippen LogP contribution >= 0.6 is 0 Å². The third kappa shape index (κ3) is 7.82. The van der Waals surface area contributed by atoms with Crippen molar-refractivity contribution in [2.75, 3.05) is 27.2 Å². The van der Waals surface area contributed by atoms with E-state index in [-0.39, 0.29) is 0 Å². The smallest absolute Gasteiger partial charge is 0.00361 e. The van der Waals surface area contributed by atoms with Crippen LogP contribution in [0.4, 0.5) is 0 Å². The van der Waals surface area contributed by atoms with Crippen molar-refractivity contribution >= 4 is 0 Å². The lowest BCUT2D eigenvalue weighted by atomic mass is 10.2. The molecule has 0 bridgehead atoms. The first-order chi connectivity index (χ1) is 5.16. The fourth-order valence-electron chi connectivity index (χ4n) is 0.888. The van der Waals surface area contributed by atoms with Gasteiger partial charge in [-0.25, -0.2) is 0 Å². The molecular formula is C9H22N2. The van der Waals surface area contributed by atoms with Gasteiger partial charge in [0.05, 0.1) is 0 Å². The van der Waals surface area contributed by atoms with Gasteiger partial charge in [0.25, 0.3) is 0 Å². The maximum atomic E-state index is 3.46. The zero-order valence-electron chi connectivity index (χ0n) is 8.35. The molecule has 0 aromatic heterocycles. The molecule has 1 atom stereocenters. The predicted octanol–water partition coefficient (Wildman–Crippen LogP) is 1.33. The van der Waals surface area contributed by atoms with Crippen molar-refractivity contribution in [2.45, 2.75) is 32.7 Å². The van der Waals surface area contributed by atoms with E-state index in [0.717, 1.165) is 6.54 Å². The quantitative estimate of drug-likeness (QED) is 0.587. The molecule has 0 aromatic rings. The largest absolute Gasteiger partial charge is 0.314 e. The molecule has 11 heavy (non-hydrogen) atoms. The van der Waals surface area contributed by atoms with Crippen LogP contribution in [0.25, 0.3) is 0 Å². The van der Waals surface area contributed by atoms with E-state index in [9.17, 15) is 0 Å². The summed E-state index contributed by atoms with van der Waals surface area (Å²) in [6.45, 7) is 6.77. The summed E-state index contributed by atoms with van der Waals surface area (Å²) in [6, 6.07) is 0.678. The molecule has 2 heteroatoms. The second kappa shape index (κ2) is 6.62. The molecule has 0 heterocycles. The predicted molar refractivity (Wildman–Crippen MR) is 50.9 cm³/mol. The molecule has 0 aromatic carbocycles. The lowest BCUT2D eigenvalue weighted by Gasteiger charge is -2.13. The summed E-state index contributed by atoms with van der Waals surface area (Å²) < 4.78 is 0. The second-order valence-corrected chi connectivity index (χ2v) is 3.42. The second-order valence-electron chi connectivity index (χ2n) is 3.42. The van der Waals surface area contributed by atoms with Crippen LogP contribution in [0.5, 0.6) is 0 Å². The molecule has 0 saturated carbocycles. The minimum Gasteiger partial charge on any atom is -0.314 e. The summed E-state index contributed by atoms with van der Waals surface area (Å²) in [6.07, 6.45) is 2.47. The number of nitrogens with zero attached hydrogens (tertiary/aromatic N) is 1. The number of rotatable bonds is 6. The molecule has 0 amide bonds. The van der Waals surface area contributed by atoms with Gasteiger partial charge in [-0.05, 0) is 47.0 Å². The molecule has 0 radical (unpaired) electrons. The topological polar surface area (TPSA) is 15.3 Å². The third-order valence-corrected chi connectivity index (χ3v) is 1.89. The Labute approximate surface area is 71.0 Å². The number of nitrogens with one attached hydrogen (secondary N) is 1. The van der Waals surface area contributed by atoms with E-state index < -0.39 is 0 Å². The normalized spacial score (nSPS) is 13.9. The molecule has 1 unspecified atom stereocenters. The van der Waals surface area contributed by atoms with Crippen LogP contribution in [0.3, 0.4) is 0 Å². The Morgan fingerprint density at radius 1 is 1.36 bits per heavy atom. The Morgan fingerprint density at radius 3 is 2.45 bits per heavy atom. The summed E-state index contributed by atoms with van der Waals surface area (Å²) in [7, 11) is 4.23. The molecule has 68 valence electrons. The molecule has 0 aliphatic rings. The minimum absolute atomic E-state index is 0.678. The monoisotopic (exact) mass is 158 g/mol. The molecule has 1 N–H and O–H groups in total. The van der Waals surface area contributed by atoms with Crippen LogP contribution in [0.15, 0.2) is 0 Å². The fourth-order valence-corrected chi connectivity index (χ4v) is 0.888. The van der Waals surface area contributed by atoms with Crippen LogP contribution in [-0.4, -0.2) is 38.1 Å². The summed E-state index contributed by atoms with van der Waals surface area (Å²) >= 11 is 0. The van der Waals surface area contributed by atoms with Crippen LogP contribution in [0.2, 0.25) is 0 Å². The fraction of sp³-hybridized carbons (Fsp3) is 1.00. The van der Waals surface area contributed by atoms with Crippen molar-refractivity contribution in [3.05, 3.63) is 0 Å². The first kappa shape index (κ1) is 10.9. The van der Waals surface area contributed by atoms with Crippen molar-refractivity contribution in [1.82, 2.24) is 10.2 Å². The van der Waals surface area contributed by atoms with E-state index in [1.165, 1.54) is 19.4 Å². The van der Waals surface area contributed by atoms with Gasteiger partial charge in [0.2, 0.25) is 0 Å². The highest BCUT2D eigenvalue weighted by Gasteiger charge is 1.95. The Kier molecular flexibility index (Phi) is 6.57. The van der Waals surface area contributed by atoms with Gasteiger partial charge in [0, 0.05) is 6.04 Å². The Balaban J connectivity index is 3.01. The van der Waals surface area contributed by atoms with E-state index in [4.69, 9.17) is 0 Å². The maximum Gasteiger partial charge on any atom is 0.00361 e. The molecule has 0 aliphatic heterocycles. The third-order valence-electron chi connectivity index (χ3n) is 1.89. The van der Waals surface area contributed by atoms with Gasteiger partial charge in [0.1, 0.15) is 0 Å².